The van der Waals surface area contributed by atoms with Crippen LogP contribution >= 0.6 is 0 Å². The Kier molecular flexibility index (Phi) is 2.88. The summed E-state index contributed by atoms with van der Waals surface area (Å²) in [6.45, 7) is -0.622. The molecule has 0 saturated heterocycles. The van der Waals surface area contributed by atoms with Crippen molar-refractivity contribution in [3.8, 4) is 0 Å². The minimum absolute atomic E-state index is 0.0350. The van der Waals surface area contributed by atoms with E-state index in [-0.39, 0.29) is 5.82 Å². The van der Waals surface area contributed by atoms with Gasteiger partial charge >= 0.3 is 5.97 Å². The van der Waals surface area contributed by atoms with Gasteiger partial charge in [-0.1, -0.05) is 0 Å². The zero-order chi connectivity index (χ0) is 9.84. The topological polar surface area (TPSA) is 68.0 Å². The summed E-state index contributed by atoms with van der Waals surface area (Å²) < 4.78 is 24.6. The van der Waals surface area contributed by atoms with E-state index in [1.54, 1.807) is 0 Å². The zero-order valence-corrected chi connectivity index (χ0v) is 6.52. The molecule has 5 nitrogen and oxygen atoms in total. The van der Waals surface area contributed by atoms with Gasteiger partial charge in [0.2, 0.25) is 0 Å². The smallest absolute Gasteiger partial charge is 0.311 e. The van der Waals surface area contributed by atoms with Crippen molar-refractivity contribution >= 4 is 5.97 Å². The molecule has 0 bridgehead atoms. The molecule has 0 aliphatic carbocycles. The van der Waals surface area contributed by atoms with Crippen molar-refractivity contribution in [1.29, 1.82) is 0 Å². The van der Waals surface area contributed by atoms with Crippen LogP contribution in [0.3, 0.4) is 0 Å². The van der Waals surface area contributed by atoms with E-state index in [9.17, 15) is 13.6 Å². The van der Waals surface area contributed by atoms with Crippen LogP contribution in [0.2, 0.25) is 0 Å². The van der Waals surface area contributed by atoms with Crippen molar-refractivity contribution in [2.24, 2.45) is 0 Å². The van der Waals surface area contributed by atoms with Crippen molar-refractivity contribution in [3.63, 3.8) is 0 Å². The second-order valence-electron chi connectivity index (χ2n) is 2.32. The van der Waals surface area contributed by atoms with Crippen LogP contribution in [-0.4, -0.2) is 32.3 Å². The van der Waals surface area contributed by atoms with Crippen molar-refractivity contribution in [1.82, 2.24) is 14.8 Å². The van der Waals surface area contributed by atoms with E-state index in [4.69, 9.17) is 5.11 Å². The van der Waals surface area contributed by atoms with Crippen LogP contribution in [0.4, 0.5) is 8.78 Å². The summed E-state index contributed by atoms with van der Waals surface area (Å²) in [5.74, 6) is -1.09. The Balaban J connectivity index is 2.71. The first-order valence-corrected chi connectivity index (χ1v) is 3.46. The van der Waals surface area contributed by atoms with Crippen LogP contribution in [0.1, 0.15) is 5.82 Å². The van der Waals surface area contributed by atoms with E-state index in [0.717, 1.165) is 11.0 Å². The highest BCUT2D eigenvalue weighted by atomic mass is 19.3. The molecule has 1 aromatic rings. The first kappa shape index (κ1) is 9.56. The number of aromatic nitrogens is 3. The van der Waals surface area contributed by atoms with Gasteiger partial charge in [0.05, 0.1) is 0 Å². The normalized spacial score (nSPS) is 10.7. The van der Waals surface area contributed by atoms with E-state index in [1.807, 2.05) is 0 Å². The highest BCUT2D eigenvalue weighted by Crippen LogP contribution is 2.01. The predicted molar refractivity (Wildman–Crippen MR) is 37.4 cm³/mol. The molecule has 0 saturated carbocycles. The maximum absolute atomic E-state index is 11.9. The lowest BCUT2D eigenvalue weighted by atomic mass is 10.4. The number of aliphatic carboxylic acids is 1. The van der Waals surface area contributed by atoms with Crippen LogP contribution in [0.25, 0.3) is 0 Å². The Bertz CT molecular complexity index is 300. The third kappa shape index (κ3) is 2.77. The van der Waals surface area contributed by atoms with Gasteiger partial charge in [0.25, 0.3) is 6.43 Å². The number of carboxylic acid groups (broad SMARTS) is 1. The molecule has 72 valence electrons. The van der Waals surface area contributed by atoms with Crippen molar-refractivity contribution in [2.45, 2.75) is 19.4 Å². The fourth-order valence-electron chi connectivity index (χ4n) is 0.843. The molecule has 0 atom stereocenters. The summed E-state index contributed by atoms with van der Waals surface area (Å²) in [5, 5.41) is 11.8. The molecule has 13 heavy (non-hydrogen) atoms. The molecule has 1 N–H and O–H groups in total. The van der Waals surface area contributed by atoms with Gasteiger partial charge in [-0.25, -0.2) is 18.4 Å². The number of halogens is 2. The number of alkyl halides is 2. The zero-order valence-electron chi connectivity index (χ0n) is 6.52. The minimum Gasteiger partial charge on any atom is -0.481 e. The van der Waals surface area contributed by atoms with Gasteiger partial charge in [-0.2, -0.15) is 5.10 Å². The molecule has 0 spiro atoms. The molecule has 0 fully saturated rings. The minimum atomic E-state index is -2.56. The number of hydrogen-bond donors (Lipinski definition) is 1. The average Bonchev–Trinajstić information content (AvgIpc) is 2.34. The Hall–Kier alpha value is -1.53. The first-order chi connectivity index (χ1) is 6.09. The van der Waals surface area contributed by atoms with Gasteiger partial charge in [0.1, 0.15) is 25.1 Å². The van der Waals surface area contributed by atoms with E-state index >= 15 is 0 Å². The van der Waals surface area contributed by atoms with Crippen LogP contribution in [0.15, 0.2) is 6.33 Å². The maximum atomic E-state index is 11.9. The largest absolute Gasteiger partial charge is 0.481 e. The Labute approximate surface area is 72.0 Å². The molecule has 1 rings (SSSR count). The molecular weight excluding hydrogens is 184 g/mol. The molecule has 0 aliphatic heterocycles. The summed E-state index contributed by atoms with van der Waals surface area (Å²) >= 11 is 0. The standard InChI is InChI=1S/C6H7F2N3O2/c7-4(8)2-11-5(1-6(12)13)9-3-10-11/h3-4H,1-2H2,(H,12,13). The summed E-state index contributed by atoms with van der Waals surface area (Å²) in [4.78, 5) is 13.8. The second-order valence-corrected chi connectivity index (χ2v) is 2.32. The van der Waals surface area contributed by atoms with Gasteiger partial charge < -0.3 is 5.11 Å². The molecule has 1 heterocycles. The van der Waals surface area contributed by atoms with Crippen molar-refractivity contribution in [2.75, 3.05) is 0 Å². The molecule has 0 amide bonds. The number of rotatable bonds is 4. The number of hydrogen-bond acceptors (Lipinski definition) is 3. The third-order valence-electron chi connectivity index (χ3n) is 1.32. The van der Waals surface area contributed by atoms with E-state index in [0.29, 0.717) is 0 Å². The molecule has 0 aliphatic rings. The van der Waals surface area contributed by atoms with Crippen LogP contribution in [-0.2, 0) is 17.8 Å². The van der Waals surface area contributed by atoms with Gasteiger partial charge in [-0.15, -0.1) is 0 Å². The Morgan fingerprint density at radius 2 is 2.38 bits per heavy atom. The molecule has 0 radical (unpaired) electrons. The van der Waals surface area contributed by atoms with E-state index in [2.05, 4.69) is 10.1 Å². The monoisotopic (exact) mass is 191 g/mol. The third-order valence-corrected chi connectivity index (χ3v) is 1.32. The highest BCUT2D eigenvalue weighted by Gasteiger charge is 2.12. The first-order valence-electron chi connectivity index (χ1n) is 3.46. The van der Waals surface area contributed by atoms with Crippen LogP contribution < -0.4 is 0 Å². The summed E-state index contributed by atoms with van der Waals surface area (Å²) in [5.41, 5.74) is 0. The predicted octanol–water partition coefficient (Wildman–Crippen LogP) is 0.170. The lowest BCUT2D eigenvalue weighted by Gasteiger charge is -2.02. The fraction of sp³-hybridized carbons (Fsp3) is 0.500. The molecule has 0 aromatic carbocycles. The molecule has 1 aromatic heterocycles. The van der Waals surface area contributed by atoms with Crippen molar-refractivity contribution in [3.05, 3.63) is 12.2 Å². The number of nitrogens with zero attached hydrogens (tertiary/aromatic N) is 3. The van der Waals surface area contributed by atoms with Crippen molar-refractivity contribution < 1.29 is 18.7 Å². The Morgan fingerprint density at radius 3 is 2.92 bits per heavy atom. The van der Waals surface area contributed by atoms with Gasteiger partial charge in [0, 0.05) is 0 Å². The summed E-state index contributed by atoms with van der Waals surface area (Å²) in [6.07, 6.45) is -1.90. The van der Waals surface area contributed by atoms with Crippen LogP contribution in [0.5, 0.6) is 0 Å². The SMILES string of the molecule is O=C(O)Cc1ncnn1CC(F)F. The summed E-state index contributed by atoms with van der Waals surface area (Å²) in [6, 6.07) is 0. The molecule has 7 heteroatoms. The summed E-state index contributed by atoms with van der Waals surface area (Å²) in [7, 11) is 0. The number of carbonyl (C=O) groups is 1. The lowest BCUT2D eigenvalue weighted by Crippen LogP contribution is -2.14. The molecule has 0 unspecified atom stereocenters. The second kappa shape index (κ2) is 3.92. The fourth-order valence-corrected chi connectivity index (χ4v) is 0.843. The maximum Gasteiger partial charge on any atom is 0.311 e. The van der Waals surface area contributed by atoms with Crippen LogP contribution in [0, 0.1) is 0 Å². The van der Waals surface area contributed by atoms with Gasteiger partial charge in [0.15, 0.2) is 0 Å². The molecular formula is C6H7F2N3O2. The highest BCUT2D eigenvalue weighted by molar-refractivity contribution is 5.68. The average molecular weight is 191 g/mol. The lowest BCUT2D eigenvalue weighted by molar-refractivity contribution is -0.136. The van der Waals surface area contributed by atoms with E-state index in [1.165, 1.54) is 0 Å². The van der Waals surface area contributed by atoms with Gasteiger partial charge in [-0.3, -0.25) is 4.79 Å². The quantitative estimate of drug-likeness (QED) is 0.736. The van der Waals surface area contributed by atoms with Gasteiger partial charge in [-0.05, 0) is 0 Å². The Morgan fingerprint density at radius 1 is 1.69 bits per heavy atom. The van der Waals surface area contributed by atoms with E-state index < -0.39 is 25.4 Å². The number of carboxylic acids is 1.